The van der Waals surface area contributed by atoms with E-state index in [1.165, 1.54) is 4.31 Å². The quantitative estimate of drug-likeness (QED) is 0.211. The van der Waals surface area contributed by atoms with Gasteiger partial charge < -0.3 is 15.4 Å². The van der Waals surface area contributed by atoms with E-state index in [0.29, 0.717) is 13.1 Å². The Hall–Kier alpha value is -0.130. The van der Waals surface area contributed by atoms with Crippen LogP contribution in [0.15, 0.2) is 4.99 Å². The molecule has 0 unspecified atom stereocenters. The summed E-state index contributed by atoms with van der Waals surface area (Å²) in [7, 11) is 0.243. The maximum Gasteiger partial charge on any atom is 0.213 e. The summed E-state index contributed by atoms with van der Waals surface area (Å²) >= 11 is 0. The van der Waals surface area contributed by atoms with Crippen molar-refractivity contribution in [2.75, 3.05) is 52.7 Å². The summed E-state index contributed by atoms with van der Waals surface area (Å²) in [6, 6.07) is 0. The summed E-state index contributed by atoms with van der Waals surface area (Å²) in [4.78, 5) is 4.11. The largest absolute Gasteiger partial charge is 0.382 e. The third-order valence-corrected chi connectivity index (χ3v) is 4.83. The number of sulfonamides is 1. The Kier molecular flexibility index (Phi) is 15.9. The summed E-state index contributed by atoms with van der Waals surface area (Å²) in [5.74, 6) is 0.868. The van der Waals surface area contributed by atoms with E-state index in [1.54, 1.807) is 21.0 Å². The second kappa shape index (κ2) is 14.5. The minimum absolute atomic E-state index is 0. The first-order valence-corrected chi connectivity index (χ1v) is 9.05. The molecule has 0 aliphatic carbocycles. The molecule has 0 bridgehead atoms. The highest BCUT2D eigenvalue weighted by atomic mass is 127. The first-order chi connectivity index (χ1) is 9.97. The van der Waals surface area contributed by atoms with Crippen molar-refractivity contribution >= 4 is 40.0 Å². The van der Waals surface area contributed by atoms with Crippen LogP contribution < -0.4 is 10.6 Å². The molecule has 0 aromatic carbocycles. The molecule has 22 heavy (non-hydrogen) atoms. The number of aliphatic imine (C=N–C) groups is 1. The van der Waals surface area contributed by atoms with E-state index in [4.69, 9.17) is 4.74 Å². The molecule has 0 atom stereocenters. The van der Waals surface area contributed by atoms with Gasteiger partial charge in [0.15, 0.2) is 5.96 Å². The van der Waals surface area contributed by atoms with Crippen LogP contribution in [0.3, 0.4) is 0 Å². The molecule has 9 heteroatoms. The number of hydrogen-bond acceptors (Lipinski definition) is 4. The zero-order chi connectivity index (χ0) is 16.1. The van der Waals surface area contributed by atoms with E-state index in [2.05, 4.69) is 15.6 Å². The molecule has 0 aliphatic heterocycles. The fraction of sp³-hybridized carbons (Fsp3) is 0.923. The molecule has 0 rings (SSSR count). The molecule has 7 nitrogen and oxygen atoms in total. The molecule has 0 aromatic heterocycles. The van der Waals surface area contributed by atoms with Crippen LogP contribution in [0, 0.1) is 0 Å². The van der Waals surface area contributed by atoms with Crippen molar-refractivity contribution in [3.8, 4) is 0 Å². The Balaban J connectivity index is 0. The molecule has 0 heterocycles. The van der Waals surface area contributed by atoms with E-state index >= 15 is 0 Å². The molecular formula is C13H31IN4O3S. The van der Waals surface area contributed by atoms with Gasteiger partial charge >= 0.3 is 0 Å². The van der Waals surface area contributed by atoms with Crippen molar-refractivity contribution in [1.29, 1.82) is 0 Å². The van der Waals surface area contributed by atoms with Gasteiger partial charge in [-0.3, -0.25) is 4.99 Å². The van der Waals surface area contributed by atoms with Crippen LogP contribution in [0.5, 0.6) is 0 Å². The molecular weight excluding hydrogens is 419 g/mol. The van der Waals surface area contributed by atoms with E-state index in [9.17, 15) is 8.42 Å². The number of nitrogens with one attached hydrogen (secondary N) is 2. The summed E-state index contributed by atoms with van der Waals surface area (Å²) in [5, 5.41) is 6.35. The van der Waals surface area contributed by atoms with Gasteiger partial charge in [-0.15, -0.1) is 24.0 Å². The van der Waals surface area contributed by atoms with Gasteiger partial charge in [-0.2, -0.15) is 0 Å². The van der Waals surface area contributed by atoms with Crippen molar-refractivity contribution < 1.29 is 13.2 Å². The van der Waals surface area contributed by atoms with Crippen LogP contribution in [0.25, 0.3) is 0 Å². The van der Waals surface area contributed by atoms with Gasteiger partial charge in [0, 0.05) is 46.9 Å². The molecule has 0 amide bonds. The summed E-state index contributed by atoms with van der Waals surface area (Å²) in [5.41, 5.74) is 0. The van der Waals surface area contributed by atoms with Crippen molar-refractivity contribution in [3.63, 3.8) is 0 Å². The second-order valence-corrected chi connectivity index (χ2v) is 6.92. The van der Waals surface area contributed by atoms with E-state index in [0.717, 1.165) is 38.6 Å². The monoisotopic (exact) mass is 450 g/mol. The number of ether oxygens (including phenoxy) is 1. The van der Waals surface area contributed by atoms with Gasteiger partial charge in [0.1, 0.15) is 0 Å². The fourth-order valence-corrected chi connectivity index (χ4v) is 2.46. The predicted octanol–water partition coefficient (Wildman–Crippen LogP) is 0.868. The first-order valence-electron chi connectivity index (χ1n) is 7.44. The highest BCUT2D eigenvalue weighted by molar-refractivity contribution is 14.0. The predicted molar refractivity (Wildman–Crippen MR) is 103 cm³/mol. The smallest absolute Gasteiger partial charge is 0.213 e. The van der Waals surface area contributed by atoms with Crippen LogP contribution in [-0.2, 0) is 14.8 Å². The van der Waals surface area contributed by atoms with Crippen molar-refractivity contribution in [2.45, 2.75) is 26.7 Å². The van der Waals surface area contributed by atoms with Crippen LogP contribution in [0.2, 0.25) is 0 Å². The maximum atomic E-state index is 11.6. The highest BCUT2D eigenvalue weighted by Crippen LogP contribution is 1.98. The summed E-state index contributed by atoms with van der Waals surface area (Å²) in [6.07, 6.45) is 1.65. The molecule has 0 fully saturated rings. The maximum absolute atomic E-state index is 11.6. The molecule has 134 valence electrons. The van der Waals surface area contributed by atoms with Crippen LogP contribution in [-0.4, -0.2) is 71.4 Å². The van der Waals surface area contributed by atoms with Crippen molar-refractivity contribution in [3.05, 3.63) is 0 Å². The van der Waals surface area contributed by atoms with E-state index in [-0.39, 0.29) is 29.7 Å². The Morgan fingerprint density at radius 3 is 2.27 bits per heavy atom. The average molecular weight is 450 g/mol. The summed E-state index contributed by atoms with van der Waals surface area (Å²) in [6.45, 7) is 7.08. The normalized spacial score (nSPS) is 12.1. The third-order valence-electron chi connectivity index (χ3n) is 2.97. The molecule has 2 N–H and O–H groups in total. The van der Waals surface area contributed by atoms with E-state index in [1.807, 2.05) is 6.92 Å². The second-order valence-electron chi connectivity index (χ2n) is 4.55. The Morgan fingerprint density at radius 1 is 1.18 bits per heavy atom. The van der Waals surface area contributed by atoms with Crippen LogP contribution in [0.1, 0.15) is 26.7 Å². The molecule has 0 radical (unpaired) electrons. The van der Waals surface area contributed by atoms with Gasteiger partial charge in [-0.05, 0) is 26.7 Å². The van der Waals surface area contributed by atoms with Crippen molar-refractivity contribution in [2.24, 2.45) is 4.99 Å². The Bertz CT molecular complexity index is 391. The minimum atomic E-state index is -3.08. The average Bonchev–Trinajstić information content (AvgIpc) is 2.48. The van der Waals surface area contributed by atoms with Crippen LogP contribution in [0.4, 0.5) is 0 Å². The first kappa shape index (κ1) is 24.1. The lowest BCUT2D eigenvalue weighted by Gasteiger charge is -2.16. The molecule has 0 aromatic rings. The zero-order valence-electron chi connectivity index (χ0n) is 14.1. The molecule has 0 saturated heterocycles. The Morgan fingerprint density at radius 2 is 1.77 bits per heavy atom. The third kappa shape index (κ3) is 11.4. The van der Waals surface area contributed by atoms with E-state index < -0.39 is 10.0 Å². The van der Waals surface area contributed by atoms with Crippen molar-refractivity contribution in [1.82, 2.24) is 14.9 Å². The SMILES string of the molecule is CCOCCCNC(=NC)NCCCN(C)S(=O)(=O)CC.I. The number of hydrogen-bond donors (Lipinski definition) is 2. The minimum Gasteiger partial charge on any atom is -0.382 e. The van der Waals surface area contributed by atoms with Gasteiger partial charge in [0.05, 0.1) is 5.75 Å². The number of nitrogens with zero attached hydrogens (tertiary/aromatic N) is 2. The number of halogens is 1. The van der Waals surface area contributed by atoms with Gasteiger partial charge in [-0.1, -0.05) is 0 Å². The zero-order valence-corrected chi connectivity index (χ0v) is 17.2. The Labute approximate surface area is 152 Å². The molecule has 0 saturated carbocycles. The fourth-order valence-electron chi connectivity index (χ4n) is 1.61. The lowest BCUT2D eigenvalue weighted by Crippen LogP contribution is -2.39. The highest BCUT2D eigenvalue weighted by Gasteiger charge is 2.13. The standard InChI is InChI=1S/C13H30N4O3S.HI/c1-5-20-12-8-10-16-13(14-3)15-9-7-11-17(4)21(18,19)6-2;/h5-12H2,1-4H3,(H2,14,15,16);1H. The topological polar surface area (TPSA) is 83.0 Å². The number of guanidine groups is 1. The molecule has 0 spiro atoms. The lowest BCUT2D eigenvalue weighted by molar-refractivity contribution is 0.145. The van der Waals surface area contributed by atoms with Gasteiger partial charge in [-0.25, -0.2) is 12.7 Å². The van der Waals surface area contributed by atoms with Gasteiger partial charge in [0.25, 0.3) is 0 Å². The lowest BCUT2D eigenvalue weighted by atomic mass is 10.4. The van der Waals surface area contributed by atoms with Gasteiger partial charge in [0.2, 0.25) is 10.0 Å². The number of rotatable bonds is 11. The summed E-state index contributed by atoms with van der Waals surface area (Å²) < 4.78 is 29.8. The van der Waals surface area contributed by atoms with Crippen LogP contribution >= 0.6 is 24.0 Å². The molecule has 0 aliphatic rings.